The summed E-state index contributed by atoms with van der Waals surface area (Å²) in [6.07, 6.45) is -0.651. The Kier molecular flexibility index (Phi) is 4.24. The summed E-state index contributed by atoms with van der Waals surface area (Å²) in [5.41, 5.74) is 6.46. The molecule has 2 nitrogen and oxygen atoms in total. The monoisotopic (exact) mass is 261 g/mol. The largest absolute Gasteiger partial charge is 0.391 e. The second-order valence-electron chi connectivity index (χ2n) is 5.04. The number of benzene rings is 1. The van der Waals surface area contributed by atoms with E-state index in [0.29, 0.717) is 10.0 Å². The summed E-state index contributed by atoms with van der Waals surface area (Å²) in [5, 5.41) is 11.1. The van der Waals surface area contributed by atoms with Crippen molar-refractivity contribution in [2.24, 2.45) is 11.1 Å². The average Bonchev–Trinajstić information content (AvgIpc) is 2.12. The molecule has 0 bridgehead atoms. The molecule has 0 radical (unpaired) electrons. The maximum Gasteiger partial charge on any atom is 0.0780 e. The minimum absolute atomic E-state index is 0.284. The first-order valence-corrected chi connectivity index (χ1v) is 5.87. The Hall–Kier alpha value is -0.280. The molecule has 0 aromatic heterocycles. The minimum Gasteiger partial charge on any atom is -0.391 e. The number of nitrogens with two attached hydrogens (primary N) is 1. The van der Waals surface area contributed by atoms with Crippen LogP contribution in [0.15, 0.2) is 18.2 Å². The maximum absolute atomic E-state index is 10.1. The lowest BCUT2D eigenvalue weighted by Gasteiger charge is -2.31. The molecule has 1 rings (SSSR count). The lowest BCUT2D eigenvalue weighted by Crippen LogP contribution is -2.36. The van der Waals surface area contributed by atoms with Crippen LogP contribution >= 0.6 is 23.2 Å². The molecule has 2 atom stereocenters. The van der Waals surface area contributed by atoms with Crippen molar-refractivity contribution in [2.75, 3.05) is 0 Å². The highest BCUT2D eigenvalue weighted by Crippen LogP contribution is 2.31. The van der Waals surface area contributed by atoms with Gasteiger partial charge in [0.25, 0.3) is 0 Å². The smallest absolute Gasteiger partial charge is 0.0780 e. The van der Waals surface area contributed by atoms with E-state index >= 15 is 0 Å². The molecule has 0 aliphatic rings. The fraction of sp³-hybridized carbons (Fsp3) is 0.500. The van der Waals surface area contributed by atoms with Gasteiger partial charge in [-0.15, -0.1) is 0 Å². The molecule has 0 saturated carbocycles. The zero-order valence-electron chi connectivity index (χ0n) is 9.67. The molecule has 0 unspecified atom stereocenters. The zero-order chi connectivity index (χ0) is 12.5. The summed E-state index contributed by atoms with van der Waals surface area (Å²) in [6.45, 7) is 5.80. The van der Waals surface area contributed by atoms with Crippen LogP contribution < -0.4 is 5.73 Å². The van der Waals surface area contributed by atoms with Crippen LogP contribution in [0.1, 0.15) is 32.4 Å². The molecule has 0 saturated heterocycles. The van der Waals surface area contributed by atoms with Crippen LogP contribution in [0.3, 0.4) is 0 Å². The van der Waals surface area contributed by atoms with Crippen molar-refractivity contribution < 1.29 is 5.11 Å². The van der Waals surface area contributed by atoms with Gasteiger partial charge in [0.2, 0.25) is 0 Å². The minimum atomic E-state index is -0.651. The van der Waals surface area contributed by atoms with Crippen molar-refractivity contribution in [3.63, 3.8) is 0 Å². The molecular formula is C12H17Cl2NO. The highest BCUT2D eigenvalue weighted by molar-refractivity contribution is 6.34. The second kappa shape index (κ2) is 4.92. The van der Waals surface area contributed by atoms with Crippen LogP contribution in [0.25, 0.3) is 0 Å². The van der Waals surface area contributed by atoms with Gasteiger partial charge >= 0.3 is 0 Å². The zero-order valence-corrected chi connectivity index (χ0v) is 11.2. The van der Waals surface area contributed by atoms with Crippen LogP contribution in [0.5, 0.6) is 0 Å². The Balaban J connectivity index is 3.00. The van der Waals surface area contributed by atoms with E-state index < -0.39 is 12.1 Å². The van der Waals surface area contributed by atoms with Gasteiger partial charge in [-0.3, -0.25) is 0 Å². The summed E-state index contributed by atoms with van der Waals surface area (Å²) < 4.78 is 0. The van der Waals surface area contributed by atoms with Gasteiger partial charge in [-0.25, -0.2) is 0 Å². The first kappa shape index (κ1) is 13.8. The van der Waals surface area contributed by atoms with Gasteiger partial charge < -0.3 is 10.8 Å². The normalized spacial score (nSPS) is 15.9. The van der Waals surface area contributed by atoms with Crippen molar-refractivity contribution in [3.8, 4) is 0 Å². The predicted octanol–water partition coefficient (Wildman–Crippen LogP) is 3.40. The SMILES string of the molecule is CC(C)(C)[C@H](O)[C@H](N)c1cc(Cl)cc(Cl)c1. The molecule has 0 spiro atoms. The molecule has 3 N–H and O–H groups in total. The Morgan fingerprint density at radius 2 is 1.56 bits per heavy atom. The van der Waals surface area contributed by atoms with Gasteiger partial charge in [0, 0.05) is 10.0 Å². The lowest BCUT2D eigenvalue weighted by molar-refractivity contribution is 0.0401. The van der Waals surface area contributed by atoms with Crippen molar-refractivity contribution in [3.05, 3.63) is 33.8 Å². The predicted molar refractivity (Wildman–Crippen MR) is 68.9 cm³/mol. The summed E-state index contributed by atoms with van der Waals surface area (Å²) >= 11 is 11.8. The number of halogens is 2. The fourth-order valence-electron chi connectivity index (χ4n) is 1.49. The molecular weight excluding hydrogens is 245 g/mol. The Morgan fingerprint density at radius 1 is 1.12 bits per heavy atom. The Morgan fingerprint density at radius 3 is 1.94 bits per heavy atom. The first-order valence-electron chi connectivity index (χ1n) is 5.11. The molecule has 0 fully saturated rings. The highest BCUT2D eigenvalue weighted by Gasteiger charge is 2.29. The molecule has 16 heavy (non-hydrogen) atoms. The molecule has 0 heterocycles. The molecule has 0 amide bonds. The van der Waals surface area contributed by atoms with E-state index in [0.717, 1.165) is 5.56 Å². The van der Waals surface area contributed by atoms with E-state index in [1.165, 1.54) is 0 Å². The number of hydrogen-bond acceptors (Lipinski definition) is 2. The van der Waals surface area contributed by atoms with Crippen molar-refractivity contribution in [1.29, 1.82) is 0 Å². The summed E-state index contributed by atoms with van der Waals surface area (Å²) in [5.74, 6) is 0. The molecule has 1 aromatic carbocycles. The number of aliphatic hydroxyl groups is 1. The van der Waals surface area contributed by atoms with Gasteiger partial charge in [-0.05, 0) is 29.2 Å². The highest BCUT2D eigenvalue weighted by atomic mass is 35.5. The Labute approximate surface area is 106 Å². The van der Waals surface area contributed by atoms with Crippen LogP contribution in [0.2, 0.25) is 10.0 Å². The summed E-state index contributed by atoms with van der Waals surface area (Å²) in [6, 6.07) is 4.61. The van der Waals surface area contributed by atoms with Crippen molar-refractivity contribution in [2.45, 2.75) is 32.9 Å². The molecule has 0 aliphatic carbocycles. The van der Waals surface area contributed by atoms with E-state index in [-0.39, 0.29) is 5.41 Å². The quantitative estimate of drug-likeness (QED) is 0.858. The van der Waals surface area contributed by atoms with Gasteiger partial charge in [0.15, 0.2) is 0 Å². The maximum atomic E-state index is 10.1. The number of hydrogen-bond donors (Lipinski definition) is 2. The van der Waals surface area contributed by atoms with E-state index in [2.05, 4.69) is 0 Å². The third-order valence-electron chi connectivity index (χ3n) is 2.50. The third kappa shape index (κ3) is 3.36. The number of aliphatic hydroxyl groups excluding tert-OH is 1. The Bertz CT molecular complexity index is 354. The fourth-order valence-corrected chi connectivity index (χ4v) is 2.03. The molecule has 0 aliphatic heterocycles. The molecule has 90 valence electrons. The van der Waals surface area contributed by atoms with E-state index in [1.54, 1.807) is 18.2 Å². The first-order chi connectivity index (χ1) is 7.21. The van der Waals surface area contributed by atoms with Crippen LogP contribution in [0, 0.1) is 5.41 Å². The standard InChI is InChI=1S/C12H17Cl2NO/c1-12(2,3)11(16)10(15)7-4-8(13)6-9(14)5-7/h4-6,10-11,16H,15H2,1-3H3/t10-,11-/m1/s1. The van der Waals surface area contributed by atoms with Crippen LogP contribution in [0.4, 0.5) is 0 Å². The van der Waals surface area contributed by atoms with E-state index in [1.807, 2.05) is 20.8 Å². The van der Waals surface area contributed by atoms with E-state index in [4.69, 9.17) is 28.9 Å². The molecule has 4 heteroatoms. The lowest BCUT2D eigenvalue weighted by atomic mass is 9.82. The van der Waals surface area contributed by atoms with Gasteiger partial charge in [-0.1, -0.05) is 44.0 Å². The summed E-state index contributed by atoms with van der Waals surface area (Å²) in [7, 11) is 0. The van der Waals surface area contributed by atoms with Gasteiger partial charge in [-0.2, -0.15) is 0 Å². The second-order valence-corrected chi connectivity index (χ2v) is 5.91. The van der Waals surface area contributed by atoms with Crippen LogP contribution in [-0.2, 0) is 0 Å². The molecule has 1 aromatic rings. The topological polar surface area (TPSA) is 46.2 Å². The van der Waals surface area contributed by atoms with Gasteiger partial charge in [0.05, 0.1) is 12.1 Å². The average molecular weight is 262 g/mol. The van der Waals surface area contributed by atoms with Gasteiger partial charge in [0.1, 0.15) is 0 Å². The van der Waals surface area contributed by atoms with E-state index in [9.17, 15) is 5.11 Å². The van der Waals surface area contributed by atoms with Crippen molar-refractivity contribution >= 4 is 23.2 Å². The van der Waals surface area contributed by atoms with Crippen LogP contribution in [-0.4, -0.2) is 11.2 Å². The summed E-state index contributed by atoms with van der Waals surface area (Å²) in [4.78, 5) is 0. The van der Waals surface area contributed by atoms with Crippen molar-refractivity contribution in [1.82, 2.24) is 0 Å². The number of rotatable bonds is 2. The third-order valence-corrected chi connectivity index (χ3v) is 2.93.